The van der Waals surface area contributed by atoms with Gasteiger partial charge in [-0.15, -0.1) is 0 Å². The first-order chi connectivity index (χ1) is 15.4. The number of nitrogens with two attached hydrogens (primary N) is 2. The van der Waals surface area contributed by atoms with Crippen LogP contribution >= 0.6 is 0 Å². The summed E-state index contributed by atoms with van der Waals surface area (Å²) in [5.41, 5.74) is 12.1. The van der Waals surface area contributed by atoms with Crippen molar-refractivity contribution < 1.29 is 19.8 Å². The number of amides is 2. The van der Waals surface area contributed by atoms with Crippen LogP contribution in [0, 0.1) is 0 Å². The molecule has 0 saturated carbocycles. The number of rotatable bonds is 6. The van der Waals surface area contributed by atoms with Gasteiger partial charge in [-0.25, -0.2) is 4.98 Å². The van der Waals surface area contributed by atoms with Crippen LogP contribution in [-0.2, 0) is 9.59 Å². The molecule has 0 spiro atoms. The number of nitrogens with one attached hydrogen (secondary N) is 1. The molecule has 1 aromatic heterocycles. The molecule has 4 unspecified atom stereocenters. The van der Waals surface area contributed by atoms with Gasteiger partial charge < -0.3 is 36.5 Å². The molecule has 176 valence electrons. The standard InChI is InChI=1S/C11H17N3O2.C10H16N4O2/c12-9(10(15)8-4-3-5-13-8)11(16)14-6-1-2-7-14;11-7(8(15)9-12-3-4-13-9)10(16)14-5-1-2-6-14/h3,5,9-10,15H,1-2,4,6-7,12H2;3-4,7-8,15H,1-2,5-6,11H2,(H,12,13). The third kappa shape index (κ3) is 5.80. The van der Waals surface area contributed by atoms with Gasteiger partial charge in [0.15, 0.2) is 0 Å². The highest BCUT2D eigenvalue weighted by atomic mass is 16.3. The fourth-order valence-corrected chi connectivity index (χ4v) is 3.96. The maximum absolute atomic E-state index is 11.9. The van der Waals surface area contributed by atoms with E-state index in [1.165, 1.54) is 6.20 Å². The maximum Gasteiger partial charge on any atom is 0.242 e. The predicted octanol–water partition coefficient (Wildman–Crippen LogP) is -0.952. The number of aliphatic hydroxyl groups excluding tert-OH is 2. The number of allylic oxidation sites excluding steroid dienone is 1. The van der Waals surface area contributed by atoms with Gasteiger partial charge in [-0.05, 0) is 25.7 Å². The first kappa shape index (κ1) is 24.1. The molecule has 2 amide bonds. The van der Waals surface area contributed by atoms with E-state index in [0.717, 1.165) is 51.9 Å². The Kier molecular flexibility index (Phi) is 8.51. The summed E-state index contributed by atoms with van der Waals surface area (Å²) in [6.07, 6.45) is 9.21. The number of likely N-dealkylation sites (tertiary alicyclic amines) is 2. The van der Waals surface area contributed by atoms with Gasteiger partial charge in [0.2, 0.25) is 11.8 Å². The minimum atomic E-state index is -1.07. The summed E-state index contributed by atoms with van der Waals surface area (Å²) in [6.45, 7) is 2.97. The van der Waals surface area contributed by atoms with E-state index in [-0.39, 0.29) is 11.8 Å². The summed E-state index contributed by atoms with van der Waals surface area (Å²) >= 11 is 0. The normalized spacial score (nSPS) is 21.6. The van der Waals surface area contributed by atoms with Crippen LogP contribution in [0.15, 0.2) is 29.7 Å². The van der Waals surface area contributed by atoms with E-state index >= 15 is 0 Å². The summed E-state index contributed by atoms with van der Waals surface area (Å²) in [4.78, 5) is 37.8. The molecule has 4 rings (SSSR count). The Labute approximate surface area is 187 Å². The minimum absolute atomic E-state index is 0.167. The van der Waals surface area contributed by atoms with Crippen molar-refractivity contribution in [2.75, 3.05) is 26.2 Å². The number of aromatic amines is 1. The topological polar surface area (TPSA) is 174 Å². The number of nitrogens with zero attached hydrogens (tertiary/aromatic N) is 4. The van der Waals surface area contributed by atoms with Crippen LogP contribution in [0.3, 0.4) is 0 Å². The predicted molar refractivity (Wildman–Crippen MR) is 118 cm³/mol. The molecule has 3 aliphatic heterocycles. The smallest absolute Gasteiger partial charge is 0.242 e. The second-order valence-electron chi connectivity index (χ2n) is 8.19. The monoisotopic (exact) mass is 447 g/mol. The summed E-state index contributed by atoms with van der Waals surface area (Å²) in [5, 5.41) is 19.7. The molecule has 1 aromatic rings. The molecule has 0 bridgehead atoms. The van der Waals surface area contributed by atoms with Gasteiger partial charge >= 0.3 is 0 Å². The molecule has 0 aliphatic carbocycles. The molecule has 4 heterocycles. The lowest BCUT2D eigenvalue weighted by atomic mass is 10.0. The zero-order chi connectivity index (χ0) is 23.1. The van der Waals surface area contributed by atoms with E-state index in [4.69, 9.17) is 11.5 Å². The first-order valence-corrected chi connectivity index (χ1v) is 11.1. The van der Waals surface area contributed by atoms with E-state index in [9.17, 15) is 19.8 Å². The number of carbonyl (C=O) groups is 2. The Hall–Kier alpha value is -2.60. The largest absolute Gasteiger partial charge is 0.385 e. The van der Waals surface area contributed by atoms with Gasteiger partial charge in [-0.3, -0.25) is 14.6 Å². The molecule has 7 N–H and O–H groups in total. The quantitative estimate of drug-likeness (QED) is 0.373. The Balaban J connectivity index is 0.000000181. The second kappa shape index (κ2) is 11.3. The number of carbonyl (C=O) groups excluding carboxylic acids is 2. The van der Waals surface area contributed by atoms with Crippen molar-refractivity contribution in [3.63, 3.8) is 0 Å². The van der Waals surface area contributed by atoms with Gasteiger partial charge in [0.1, 0.15) is 30.1 Å². The van der Waals surface area contributed by atoms with Crippen LogP contribution in [0.25, 0.3) is 0 Å². The lowest BCUT2D eigenvalue weighted by molar-refractivity contribution is -0.134. The van der Waals surface area contributed by atoms with Crippen LogP contribution in [0.1, 0.15) is 44.0 Å². The lowest BCUT2D eigenvalue weighted by Gasteiger charge is -2.23. The first-order valence-electron chi connectivity index (χ1n) is 11.1. The van der Waals surface area contributed by atoms with Gasteiger partial charge in [-0.2, -0.15) is 0 Å². The molecule has 32 heavy (non-hydrogen) atoms. The molecule has 0 radical (unpaired) electrons. The van der Waals surface area contributed by atoms with Gasteiger partial charge in [-0.1, -0.05) is 6.08 Å². The van der Waals surface area contributed by atoms with E-state index < -0.39 is 24.3 Å². The molecule has 11 nitrogen and oxygen atoms in total. The number of imidazole rings is 1. The molecule has 11 heteroatoms. The summed E-state index contributed by atoms with van der Waals surface area (Å²) in [6, 6.07) is -1.82. The maximum atomic E-state index is 11.9. The SMILES string of the molecule is NC(C(=O)N1CCCC1)C(O)C1=NC=CC1.NC(C(=O)N1CCCC1)C(O)c1ncc[nH]1. The Bertz CT molecular complexity index is 814. The highest BCUT2D eigenvalue weighted by Gasteiger charge is 2.32. The number of H-pyrrole nitrogens is 1. The molecule has 4 atom stereocenters. The van der Waals surface area contributed by atoms with Crippen LogP contribution in [-0.4, -0.2) is 91.9 Å². The minimum Gasteiger partial charge on any atom is -0.385 e. The summed E-state index contributed by atoms with van der Waals surface area (Å²) in [7, 11) is 0. The van der Waals surface area contributed by atoms with Crippen LogP contribution in [0.4, 0.5) is 0 Å². The highest BCUT2D eigenvalue weighted by Crippen LogP contribution is 2.16. The highest BCUT2D eigenvalue weighted by molar-refractivity contribution is 5.97. The van der Waals surface area contributed by atoms with Crippen LogP contribution < -0.4 is 11.5 Å². The average Bonchev–Trinajstić information content (AvgIpc) is 3.63. The fraction of sp³-hybridized carbons (Fsp3) is 0.619. The number of aliphatic imine (C=N–C) groups is 1. The second-order valence-corrected chi connectivity index (χ2v) is 8.19. The van der Waals surface area contributed by atoms with Crippen molar-refractivity contribution >= 4 is 17.5 Å². The van der Waals surface area contributed by atoms with Crippen molar-refractivity contribution in [3.05, 3.63) is 30.5 Å². The summed E-state index contributed by atoms with van der Waals surface area (Å²) in [5.74, 6) is -0.0407. The zero-order valence-corrected chi connectivity index (χ0v) is 18.1. The number of hydrogen-bond acceptors (Lipinski definition) is 8. The summed E-state index contributed by atoms with van der Waals surface area (Å²) < 4.78 is 0. The van der Waals surface area contributed by atoms with Crippen molar-refractivity contribution in [2.45, 2.75) is 56.4 Å². The van der Waals surface area contributed by atoms with E-state index in [1.807, 2.05) is 6.08 Å². The number of hydrogen-bond donors (Lipinski definition) is 5. The Morgan fingerprint density at radius 3 is 1.91 bits per heavy atom. The number of aliphatic hydroxyl groups is 2. The number of aromatic nitrogens is 2. The fourth-order valence-electron chi connectivity index (χ4n) is 3.96. The van der Waals surface area contributed by atoms with Crippen LogP contribution in [0.5, 0.6) is 0 Å². The Morgan fingerprint density at radius 1 is 0.938 bits per heavy atom. The van der Waals surface area contributed by atoms with Crippen molar-refractivity contribution in [2.24, 2.45) is 16.5 Å². The molecule has 3 aliphatic rings. The average molecular weight is 448 g/mol. The lowest BCUT2D eigenvalue weighted by Crippen LogP contribution is -2.51. The third-order valence-electron chi connectivity index (χ3n) is 5.90. The third-order valence-corrected chi connectivity index (χ3v) is 5.90. The molecular weight excluding hydrogens is 414 g/mol. The van der Waals surface area contributed by atoms with E-state index in [2.05, 4.69) is 15.0 Å². The van der Waals surface area contributed by atoms with E-state index in [1.54, 1.807) is 22.2 Å². The van der Waals surface area contributed by atoms with Crippen LogP contribution in [0.2, 0.25) is 0 Å². The molecule has 2 saturated heterocycles. The van der Waals surface area contributed by atoms with Crippen molar-refractivity contribution in [1.29, 1.82) is 0 Å². The van der Waals surface area contributed by atoms with Crippen molar-refractivity contribution in [1.82, 2.24) is 19.8 Å². The van der Waals surface area contributed by atoms with Gasteiger partial charge in [0, 0.05) is 51.2 Å². The molecule has 0 aromatic carbocycles. The molecule has 2 fully saturated rings. The zero-order valence-electron chi connectivity index (χ0n) is 18.1. The van der Waals surface area contributed by atoms with Crippen molar-refractivity contribution in [3.8, 4) is 0 Å². The Morgan fingerprint density at radius 2 is 1.47 bits per heavy atom. The van der Waals surface area contributed by atoms with Gasteiger partial charge in [0.25, 0.3) is 0 Å². The van der Waals surface area contributed by atoms with E-state index in [0.29, 0.717) is 18.0 Å². The van der Waals surface area contributed by atoms with Gasteiger partial charge in [0.05, 0.1) is 5.71 Å². The molecular formula is C21H33N7O4.